The van der Waals surface area contributed by atoms with Crippen molar-refractivity contribution in [3.05, 3.63) is 83.3 Å². The normalized spacial score (nSPS) is 12.0. The third kappa shape index (κ3) is 3.71. The molecular formula is C24H22FN5O2. The van der Waals surface area contributed by atoms with Crippen LogP contribution in [-0.2, 0) is 11.8 Å². The van der Waals surface area contributed by atoms with Crippen molar-refractivity contribution < 1.29 is 14.0 Å². The number of hydrogen-bond acceptors (Lipinski definition) is 4. The van der Waals surface area contributed by atoms with Crippen molar-refractivity contribution in [1.82, 2.24) is 19.7 Å². The van der Waals surface area contributed by atoms with E-state index in [2.05, 4.69) is 5.10 Å². The highest BCUT2D eigenvalue weighted by Gasteiger charge is 2.30. The number of nitrogens with two attached hydrogens (primary N) is 1. The number of amides is 2. The van der Waals surface area contributed by atoms with E-state index >= 15 is 0 Å². The third-order valence-electron chi connectivity index (χ3n) is 5.41. The molecule has 0 spiro atoms. The van der Waals surface area contributed by atoms with Crippen LogP contribution in [0.4, 0.5) is 4.39 Å². The lowest BCUT2D eigenvalue weighted by Gasteiger charge is -2.26. The number of nitrogens with zero attached hydrogens (tertiary/aromatic N) is 4. The number of carbonyl (C=O) groups is 2. The highest BCUT2D eigenvalue weighted by molar-refractivity contribution is 6.08. The highest BCUT2D eigenvalue weighted by atomic mass is 19.1. The number of pyridine rings is 1. The molecule has 2 amide bonds. The molecule has 7 nitrogen and oxygen atoms in total. The minimum absolute atomic E-state index is 0.296. The Bertz CT molecular complexity index is 1330. The molecule has 32 heavy (non-hydrogen) atoms. The first-order chi connectivity index (χ1) is 15.3. The minimum Gasteiger partial charge on any atom is -0.368 e. The van der Waals surface area contributed by atoms with Gasteiger partial charge in [-0.1, -0.05) is 42.5 Å². The zero-order valence-corrected chi connectivity index (χ0v) is 17.9. The monoisotopic (exact) mass is 431 g/mol. The molecule has 4 rings (SSSR count). The summed E-state index contributed by atoms with van der Waals surface area (Å²) in [5, 5.41) is 5.01. The number of aromatic nitrogens is 3. The molecule has 4 aromatic rings. The van der Waals surface area contributed by atoms with E-state index in [4.69, 9.17) is 10.7 Å². The van der Waals surface area contributed by atoms with Crippen LogP contribution in [0, 0.1) is 12.7 Å². The number of aryl methyl sites for hydroxylation is 2. The number of rotatable bonds is 5. The standard InChI is InChI=1S/C24H22FN5O2/c1-14-20-18(13-19(15-8-5-4-6-9-15)27-23(20)30(3)28-14)24(32)29(2)21(22(26)31)16-10-7-11-17(25)12-16/h4-13,21H,1-3H3,(H2,26,31). The van der Waals surface area contributed by atoms with E-state index in [1.165, 1.54) is 30.1 Å². The average molecular weight is 431 g/mol. The molecule has 2 N–H and O–H groups in total. The van der Waals surface area contributed by atoms with E-state index in [0.717, 1.165) is 5.56 Å². The van der Waals surface area contributed by atoms with Gasteiger partial charge >= 0.3 is 0 Å². The van der Waals surface area contributed by atoms with Gasteiger partial charge in [0.1, 0.15) is 11.9 Å². The first kappa shape index (κ1) is 21.2. The first-order valence-corrected chi connectivity index (χ1v) is 9.99. The lowest BCUT2D eigenvalue weighted by molar-refractivity contribution is -0.122. The summed E-state index contributed by atoms with van der Waals surface area (Å²) in [6.45, 7) is 1.79. The molecule has 0 saturated heterocycles. The minimum atomic E-state index is -1.14. The summed E-state index contributed by atoms with van der Waals surface area (Å²) >= 11 is 0. The summed E-state index contributed by atoms with van der Waals surface area (Å²) in [7, 11) is 3.23. The lowest BCUT2D eigenvalue weighted by Crippen LogP contribution is -2.39. The Hall–Kier alpha value is -4.07. The third-order valence-corrected chi connectivity index (χ3v) is 5.41. The molecular weight excluding hydrogens is 409 g/mol. The van der Waals surface area contributed by atoms with Crippen LogP contribution in [0.3, 0.4) is 0 Å². The van der Waals surface area contributed by atoms with E-state index in [-0.39, 0.29) is 0 Å². The number of primary amides is 1. The van der Waals surface area contributed by atoms with Gasteiger partial charge in [0.05, 0.1) is 22.3 Å². The Morgan fingerprint density at radius 3 is 2.47 bits per heavy atom. The number of hydrogen-bond donors (Lipinski definition) is 1. The van der Waals surface area contributed by atoms with Gasteiger partial charge in [-0.25, -0.2) is 9.37 Å². The van der Waals surface area contributed by atoms with Gasteiger partial charge < -0.3 is 10.6 Å². The molecule has 0 aliphatic heterocycles. The van der Waals surface area contributed by atoms with Crippen LogP contribution in [0.5, 0.6) is 0 Å². The van der Waals surface area contributed by atoms with Gasteiger partial charge in [0.25, 0.3) is 5.91 Å². The molecule has 0 bridgehead atoms. The Morgan fingerprint density at radius 1 is 1.09 bits per heavy atom. The topological polar surface area (TPSA) is 94.1 Å². The maximum absolute atomic E-state index is 13.8. The van der Waals surface area contributed by atoms with Crippen LogP contribution in [0.25, 0.3) is 22.3 Å². The first-order valence-electron chi connectivity index (χ1n) is 9.99. The molecule has 2 heterocycles. The largest absolute Gasteiger partial charge is 0.368 e. The van der Waals surface area contributed by atoms with Crippen molar-refractivity contribution in [2.45, 2.75) is 13.0 Å². The van der Waals surface area contributed by atoms with Crippen LogP contribution in [0.1, 0.15) is 27.7 Å². The maximum Gasteiger partial charge on any atom is 0.255 e. The molecule has 1 unspecified atom stereocenters. The molecule has 0 aliphatic carbocycles. The number of likely N-dealkylation sites (N-methyl/N-ethyl adjacent to an activating group) is 1. The number of halogens is 1. The van der Waals surface area contributed by atoms with E-state index in [1.54, 1.807) is 30.8 Å². The van der Waals surface area contributed by atoms with Crippen molar-refractivity contribution >= 4 is 22.8 Å². The molecule has 0 fully saturated rings. The molecule has 0 saturated carbocycles. The molecule has 0 aliphatic rings. The van der Waals surface area contributed by atoms with Crippen LogP contribution in [-0.4, -0.2) is 38.5 Å². The van der Waals surface area contributed by atoms with Crippen LogP contribution in [0.15, 0.2) is 60.7 Å². The molecule has 0 radical (unpaired) electrons. The van der Waals surface area contributed by atoms with Gasteiger partial charge in [-0.2, -0.15) is 5.10 Å². The van der Waals surface area contributed by atoms with Gasteiger partial charge in [-0.05, 0) is 30.7 Å². The Labute approximate surface area is 184 Å². The summed E-state index contributed by atoms with van der Waals surface area (Å²) in [6, 6.07) is 15.5. The summed E-state index contributed by atoms with van der Waals surface area (Å²) < 4.78 is 15.4. The van der Waals surface area contributed by atoms with E-state index in [0.29, 0.717) is 33.5 Å². The number of fused-ring (bicyclic) bond motifs is 1. The van der Waals surface area contributed by atoms with Crippen LogP contribution >= 0.6 is 0 Å². The predicted octanol–water partition coefficient (Wildman–Crippen LogP) is 3.38. The smallest absolute Gasteiger partial charge is 0.255 e. The van der Waals surface area contributed by atoms with E-state index < -0.39 is 23.7 Å². The summed E-state index contributed by atoms with van der Waals surface area (Å²) in [6.07, 6.45) is 0. The zero-order valence-electron chi connectivity index (χ0n) is 17.9. The zero-order chi connectivity index (χ0) is 23.0. The van der Waals surface area contributed by atoms with Crippen molar-refractivity contribution in [1.29, 1.82) is 0 Å². The molecule has 1 atom stereocenters. The van der Waals surface area contributed by atoms with E-state index in [9.17, 15) is 14.0 Å². The second-order valence-corrected chi connectivity index (χ2v) is 7.60. The average Bonchev–Trinajstić information content (AvgIpc) is 3.06. The van der Waals surface area contributed by atoms with Gasteiger partial charge in [0.2, 0.25) is 5.91 Å². The molecule has 162 valence electrons. The Balaban J connectivity index is 1.87. The Morgan fingerprint density at radius 2 is 1.81 bits per heavy atom. The van der Waals surface area contributed by atoms with Gasteiger partial charge in [0.15, 0.2) is 5.65 Å². The Kier molecular flexibility index (Phi) is 5.44. The number of carbonyl (C=O) groups excluding carboxylic acids is 2. The summed E-state index contributed by atoms with van der Waals surface area (Å²) in [5.74, 6) is -1.72. The molecule has 2 aromatic heterocycles. The second-order valence-electron chi connectivity index (χ2n) is 7.60. The van der Waals surface area contributed by atoms with Crippen molar-refractivity contribution in [3.8, 4) is 11.3 Å². The molecule has 8 heteroatoms. The van der Waals surface area contributed by atoms with E-state index in [1.807, 2.05) is 30.3 Å². The van der Waals surface area contributed by atoms with Crippen molar-refractivity contribution in [3.63, 3.8) is 0 Å². The lowest BCUT2D eigenvalue weighted by atomic mass is 10.0. The fourth-order valence-electron chi connectivity index (χ4n) is 3.93. The second kappa shape index (κ2) is 8.22. The summed E-state index contributed by atoms with van der Waals surface area (Å²) in [4.78, 5) is 31.9. The van der Waals surface area contributed by atoms with Crippen LogP contribution in [0.2, 0.25) is 0 Å². The van der Waals surface area contributed by atoms with Gasteiger partial charge in [0, 0.05) is 19.7 Å². The van der Waals surface area contributed by atoms with Crippen molar-refractivity contribution in [2.75, 3.05) is 7.05 Å². The van der Waals surface area contributed by atoms with Gasteiger partial charge in [-0.15, -0.1) is 0 Å². The highest BCUT2D eigenvalue weighted by Crippen LogP contribution is 2.30. The SMILES string of the molecule is Cc1nn(C)c2nc(-c3ccccc3)cc(C(=O)N(C)C(C(N)=O)c3cccc(F)c3)c12. The summed E-state index contributed by atoms with van der Waals surface area (Å²) in [5.41, 5.74) is 8.86. The van der Waals surface area contributed by atoms with Crippen LogP contribution < -0.4 is 5.73 Å². The quantitative estimate of drug-likeness (QED) is 0.524. The van der Waals surface area contributed by atoms with Crippen molar-refractivity contribution in [2.24, 2.45) is 12.8 Å². The number of benzene rings is 2. The fourth-order valence-corrected chi connectivity index (χ4v) is 3.93. The fraction of sp³-hybridized carbons (Fsp3) is 0.167. The molecule has 2 aromatic carbocycles. The van der Waals surface area contributed by atoms with Gasteiger partial charge in [-0.3, -0.25) is 14.3 Å². The maximum atomic E-state index is 13.8. The predicted molar refractivity (Wildman–Crippen MR) is 119 cm³/mol.